The molecule has 1 heterocycles. The maximum atomic E-state index is 14.0. The maximum Gasteiger partial charge on any atom is 0.247 e. The Kier molecular flexibility index (Phi) is 10.0. The fraction of sp³-hybridized carbons (Fsp3) is 0.333. The van der Waals surface area contributed by atoms with Gasteiger partial charge in [-0.1, -0.05) is 65.9 Å². The lowest BCUT2D eigenvalue weighted by molar-refractivity contribution is -0.141. The molecule has 0 bridgehead atoms. The summed E-state index contributed by atoms with van der Waals surface area (Å²) in [6, 6.07) is 23.6. The van der Waals surface area contributed by atoms with Crippen LogP contribution < -0.4 is 10.1 Å². The van der Waals surface area contributed by atoms with E-state index in [4.69, 9.17) is 9.47 Å². The minimum Gasteiger partial charge on any atom is -0.494 e. The van der Waals surface area contributed by atoms with Crippen molar-refractivity contribution in [1.82, 2.24) is 25.2 Å². The van der Waals surface area contributed by atoms with E-state index in [1.807, 2.05) is 92.7 Å². The molecule has 0 saturated carbocycles. The molecule has 0 aliphatic heterocycles. The third kappa shape index (κ3) is 7.20. The van der Waals surface area contributed by atoms with Gasteiger partial charge in [-0.2, -0.15) is 0 Å². The van der Waals surface area contributed by atoms with Gasteiger partial charge >= 0.3 is 0 Å². The van der Waals surface area contributed by atoms with Crippen molar-refractivity contribution < 1.29 is 19.1 Å². The minimum absolute atomic E-state index is 0.0611. The van der Waals surface area contributed by atoms with Gasteiger partial charge in [-0.15, -0.1) is 5.10 Å². The molecule has 1 unspecified atom stereocenters. The van der Waals surface area contributed by atoms with Crippen molar-refractivity contribution in [2.24, 2.45) is 0 Å². The highest BCUT2D eigenvalue weighted by atomic mass is 16.5. The molecule has 0 fully saturated rings. The minimum atomic E-state index is -0.916. The molecule has 3 aromatic carbocycles. The Morgan fingerprint density at radius 1 is 0.949 bits per heavy atom. The van der Waals surface area contributed by atoms with E-state index < -0.39 is 6.04 Å². The number of hydrogen-bond donors (Lipinski definition) is 1. The van der Waals surface area contributed by atoms with E-state index in [2.05, 4.69) is 15.6 Å². The summed E-state index contributed by atoms with van der Waals surface area (Å²) in [5.41, 5.74) is 3.04. The van der Waals surface area contributed by atoms with Gasteiger partial charge < -0.3 is 19.7 Å². The second-order valence-corrected chi connectivity index (χ2v) is 8.95. The molecule has 4 rings (SSSR count). The molecule has 1 aromatic heterocycles. The highest BCUT2D eigenvalue weighted by molar-refractivity contribution is 5.89. The lowest BCUT2D eigenvalue weighted by atomic mass is 10.0. The summed E-state index contributed by atoms with van der Waals surface area (Å²) in [5, 5.41) is 11.4. The van der Waals surface area contributed by atoms with Crippen LogP contribution in [0.1, 0.15) is 37.4 Å². The molecular formula is C30H35N5O4. The maximum absolute atomic E-state index is 14.0. The number of carbonyl (C=O) groups is 2. The van der Waals surface area contributed by atoms with Crippen molar-refractivity contribution >= 4 is 22.8 Å². The van der Waals surface area contributed by atoms with Crippen molar-refractivity contribution in [3.05, 3.63) is 90.0 Å². The van der Waals surface area contributed by atoms with E-state index >= 15 is 0 Å². The van der Waals surface area contributed by atoms with E-state index in [0.717, 1.165) is 11.1 Å². The Labute approximate surface area is 228 Å². The average molecular weight is 530 g/mol. The molecule has 1 atom stereocenters. The highest BCUT2D eigenvalue weighted by Crippen LogP contribution is 2.31. The molecular weight excluding hydrogens is 494 g/mol. The summed E-state index contributed by atoms with van der Waals surface area (Å²) >= 11 is 0. The van der Waals surface area contributed by atoms with Gasteiger partial charge in [-0.25, -0.2) is 4.68 Å². The number of para-hydroxylation sites is 2. The van der Waals surface area contributed by atoms with Crippen LogP contribution in [0.5, 0.6) is 5.75 Å². The Balaban J connectivity index is 1.68. The molecule has 0 saturated heterocycles. The monoisotopic (exact) mass is 529 g/mol. The van der Waals surface area contributed by atoms with Crippen LogP contribution in [0.15, 0.2) is 78.9 Å². The topological polar surface area (TPSA) is 98.6 Å². The highest BCUT2D eigenvalue weighted by Gasteiger charge is 2.33. The van der Waals surface area contributed by atoms with Gasteiger partial charge in [0.05, 0.1) is 12.1 Å². The summed E-state index contributed by atoms with van der Waals surface area (Å²) in [6.45, 7) is 5.88. The summed E-state index contributed by atoms with van der Waals surface area (Å²) < 4.78 is 13.0. The van der Waals surface area contributed by atoms with Gasteiger partial charge in [0.2, 0.25) is 11.8 Å². The van der Waals surface area contributed by atoms with Gasteiger partial charge in [0, 0.05) is 31.9 Å². The first-order valence-electron chi connectivity index (χ1n) is 13.3. The molecule has 0 aliphatic rings. The second kappa shape index (κ2) is 14.1. The lowest BCUT2D eigenvalue weighted by Crippen LogP contribution is -2.45. The summed E-state index contributed by atoms with van der Waals surface area (Å²) in [6.07, 6.45) is 0.566. The quantitative estimate of drug-likeness (QED) is 0.247. The molecule has 0 spiro atoms. The van der Waals surface area contributed by atoms with Gasteiger partial charge in [-0.3, -0.25) is 9.59 Å². The lowest BCUT2D eigenvalue weighted by Gasteiger charge is -2.32. The summed E-state index contributed by atoms with van der Waals surface area (Å²) in [7, 11) is 0. The molecule has 9 nitrogen and oxygen atoms in total. The predicted molar refractivity (Wildman–Crippen MR) is 149 cm³/mol. The SMILES string of the molecule is CCOCCCN(C(=O)Cn1nnc2ccccc21)C(C(=O)NCc1ccccc1)c1ccccc1OCC. The van der Waals surface area contributed by atoms with Gasteiger partial charge in [0.1, 0.15) is 23.9 Å². The fourth-order valence-electron chi connectivity index (χ4n) is 4.46. The molecule has 9 heteroatoms. The van der Waals surface area contributed by atoms with Crippen LogP contribution in [0, 0.1) is 0 Å². The second-order valence-electron chi connectivity index (χ2n) is 8.95. The number of rotatable bonds is 14. The van der Waals surface area contributed by atoms with Gasteiger partial charge in [-0.05, 0) is 44.0 Å². The molecule has 1 N–H and O–H groups in total. The molecule has 39 heavy (non-hydrogen) atoms. The zero-order valence-corrected chi connectivity index (χ0v) is 22.5. The van der Waals surface area contributed by atoms with Crippen LogP contribution in [0.4, 0.5) is 0 Å². The van der Waals surface area contributed by atoms with Crippen LogP contribution in [0.3, 0.4) is 0 Å². The number of benzene rings is 3. The molecule has 204 valence electrons. The third-order valence-electron chi connectivity index (χ3n) is 6.30. The number of carbonyl (C=O) groups excluding carboxylic acids is 2. The number of aromatic nitrogens is 3. The number of nitrogens with one attached hydrogen (secondary N) is 1. The van der Waals surface area contributed by atoms with Crippen LogP contribution in [0.25, 0.3) is 11.0 Å². The zero-order chi connectivity index (χ0) is 27.5. The van der Waals surface area contributed by atoms with Crippen LogP contribution in [-0.2, 0) is 27.4 Å². The number of nitrogens with zero attached hydrogens (tertiary/aromatic N) is 4. The largest absolute Gasteiger partial charge is 0.494 e. The normalized spacial score (nSPS) is 11.7. The molecule has 0 radical (unpaired) electrons. The van der Waals surface area contributed by atoms with E-state index in [9.17, 15) is 9.59 Å². The first-order chi connectivity index (χ1) is 19.1. The number of fused-ring (bicyclic) bond motifs is 1. The fourth-order valence-corrected chi connectivity index (χ4v) is 4.46. The van der Waals surface area contributed by atoms with Crippen molar-refractivity contribution in [3.63, 3.8) is 0 Å². The van der Waals surface area contributed by atoms with Crippen LogP contribution >= 0.6 is 0 Å². The smallest absolute Gasteiger partial charge is 0.247 e. The first-order valence-corrected chi connectivity index (χ1v) is 13.3. The molecule has 4 aromatic rings. The number of hydrogen-bond acceptors (Lipinski definition) is 6. The summed E-state index contributed by atoms with van der Waals surface area (Å²) in [4.78, 5) is 29.5. The Morgan fingerprint density at radius 3 is 2.49 bits per heavy atom. The van der Waals surface area contributed by atoms with Crippen LogP contribution in [0.2, 0.25) is 0 Å². The predicted octanol–water partition coefficient (Wildman–Crippen LogP) is 4.14. The average Bonchev–Trinajstić information content (AvgIpc) is 3.37. The first kappa shape index (κ1) is 27.8. The number of ether oxygens (including phenoxy) is 2. The molecule has 2 amide bonds. The Bertz CT molecular complexity index is 1360. The van der Waals surface area contributed by atoms with Crippen LogP contribution in [-0.4, -0.2) is 58.1 Å². The standard InChI is InChI=1S/C30H35N5O4/c1-3-38-20-12-19-34(28(36)22-35-26-17-10-9-16-25(26)32-33-35)29(24-15-8-11-18-27(24)39-4-2)30(37)31-21-23-13-6-5-7-14-23/h5-11,13-18,29H,3-4,12,19-22H2,1-2H3,(H,31,37). The summed E-state index contributed by atoms with van der Waals surface area (Å²) in [5.74, 6) is 0.0150. The van der Waals surface area contributed by atoms with E-state index in [1.54, 1.807) is 9.58 Å². The van der Waals surface area contributed by atoms with Gasteiger partial charge in [0.25, 0.3) is 0 Å². The van der Waals surface area contributed by atoms with Crippen molar-refractivity contribution in [3.8, 4) is 5.75 Å². The van der Waals surface area contributed by atoms with Crippen molar-refractivity contribution in [1.29, 1.82) is 0 Å². The van der Waals surface area contributed by atoms with E-state index in [-0.39, 0.29) is 18.4 Å². The van der Waals surface area contributed by atoms with E-state index in [1.165, 1.54) is 0 Å². The number of amides is 2. The van der Waals surface area contributed by atoms with Gasteiger partial charge in [0.15, 0.2) is 0 Å². The Morgan fingerprint density at radius 2 is 1.69 bits per heavy atom. The Hall–Kier alpha value is -4.24. The third-order valence-corrected chi connectivity index (χ3v) is 6.30. The van der Waals surface area contributed by atoms with Crippen molar-refractivity contribution in [2.45, 2.75) is 39.4 Å². The van der Waals surface area contributed by atoms with Crippen molar-refractivity contribution in [2.75, 3.05) is 26.4 Å². The zero-order valence-electron chi connectivity index (χ0n) is 22.5. The van der Waals surface area contributed by atoms with E-state index in [0.29, 0.717) is 56.2 Å². The molecule has 0 aliphatic carbocycles.